The van der Waals surface area contributed by atoms with Gasteiger partial charge in [0, 0.05) is 20.2 Å². The van der Waals surface area contributed by atoms with E-state index in [1.54, 1.807) is 25.6 Å². The van der Waals surface area contributed by atoms with Gasteiger partial charge in [0.15, 0.2) is 0 Å². The van der Waals surface area contributed by atoms with E-state index in [-0.39, 0.29) is 12.1 Å². The molecular weight excluding hydrogens is 312 g/mol. The van der Waals surface area contributed by atoms with Gasteiger partial charge in [-0.25, -0.2) is 4.79 Å². The summed E-state index contributed by atoms with van der Waals surface area (Å²) in [6, 6.07) is 9.64. The number of methoxy groups -OCH3 is 2. The van der Waals surface area contributed by atoms with Gasteiger partial charge in [-0.05, 0) is 46.5 Å². The molecule has 0 aliphatic carbocycles. The van der Waals surface area contributed by atoms with Gasteiger partial charge < -0.3 is 20.1 Å². The van der Waals surface area contributed by atoms with Gasteiger partial charge in [0.05, 0.1) is 7.11 Å². The van der Waals surface area contributed by atoms with Crippen molar-refractivity contribution in [3.8, 4) is 5.75 Å². The molecule has 2 amide bonds. The number of carbonyl (C=O) groups excluding carboxylic acids is 1. The number of hydrogen-bond donors (Lipinski definition) is 2. The van der Waals surface area contributed by atoms with Crippen molar-refractivity contribution in [2.24, 2.45) is 0 Å². The number of amides is 2. The molecule has 124 valence electrons. The third kappa shape index (κ3) is 5.58. The first-order valence-electron chi connectivity index (χ1n) is 7.42. The molecule has 0 bridgehead atoms. The summed E-state index contributed by atoms with van der Waals surface area (Å²) in [7, 11) is 3.29. The van der Waals surface area contributed by atoms with Crippen LogP contribution in [0.4, 0.5) is 4.79 Å². The Morgan fingerprint density at radius 2 is 1.96 bits per heavy atom. The van der Waals surface area contributed by atoms with Gasteiger partial charge >= 0.3 is 6.03 Å². The van der Waals surface area contributed by atoms with E-state index in [9.17, 15) is 4.79 Å². The van der Waals surface area contributed by atoms with Crippen LogP contribution in [0, 0.1) is 0 Å². The Labute approximate surface area is 140 Å². The average Bonchev–Trinajstić information content (AvgIpc) is 3.10. The highest BCUT2D eigenvalue weighted by Crippen LogP contribution is 2.18. The number of nitrogens with one attached hydrogen (secondary N) is 2. The maximum absolute atomic E-state index is 11.8. The minimum absolute atomic E-state index is 0.117. The first-order valence-corrected chi connectivity index (χ1v) is 8.36. The second-order valence-corrected chi connectivity index (χ2v) is 5.80. The SMILES string of the molecule is COc1ccc(CCNC(=O)NC[C@H](OC)c2ccsc2)cc1. The summed E-state index contributed by atoms with van der Waals surface area (Å²) in [6.45, 7) is 1.02. The average molecular weight is 334 g/mol. The summed E-state index contributed by atoms with van der Waals surface area (Å²) in [4.78, 5) is 11.8. The summed E-state index contributed by atoms with van der Waals surface area (Å²) in [5.41, 5.74) is 2.23. The molecule has 1 atom stereocenters. The van der Waals surface area contributed by atoms with Crippen LogP contribution in [-0.2, 0) is 11.2 Å². The van der Waals surface area contributed by atoms with Crippen molar-refractivity contribution >= 4 is 17.4 Å². The molecule has 2 aromatic rings. The maximum atomic E-state index is 11.8. The van der Waals surface area contributed by atoms with Crippen LogP contribution in [0.25, 0.3) is 0 Å². The van der Waals surface area contributed by atoms with E-state index >= 15 is 0 Å². The number of thiophene rings is 1. The molecule has 0 unspecified atom stereocenters. The van der Waals surface area contributed by atoms with E-state index in [0.717, 1.165) is 23.3 Å². The molecule has 0 fully saturated rings. The molecular formula is C17H22N2O3S. The van der Waals surface area contributed by atoms with Crippen molar-refractivity contribution in [1.82, 2.24) is 10.6 Å². The molecule has 5 nitrogen and oxygen atoms in total. The Morgan fingerprint density at radius 1 is 1.17 bits per heavy atom. The third-order valence-corrected chi connectivity index (χ3v) is 4.21. The second kappa shape index (κ2) is 9.17. The first kappa shape index (κ1) is 17.3. The van der Waals surface area contributed by atoms with Crippen LogP contribution in [0.15, 0.2) is 41.1 Å². The fraction of sp³-hybridized carbons (Fsp3) is 0.353. The minimum Gasteiger partial charge on any atom is -0.497 e. The molecule has 0 aliphatic heterocycles. The van der Waals surface area contributed by atoms with Gasteiger partial charge in [-0.15, -0.1) is 0 Å². The number of urea groups is 1. The molecule has 6 heteroatoms. The van der Waals surface area contributed by atoms with E-state index in [4.69, 9.17) is 9.47 Å². The number of benzene rings is 1. The molecule has 0 saturated heterocycles. The fourth-order valence-electron chi connectivity index (χ4n) is 2.16. The molecule has 0 saturated carbocycles. The summed E-state index contributed by atoms with van der Waals surface area (Å²) >= 11 is 1.61. The highest BCUT2D eigenvalue weighted by molar-refractivity contribution is 7.07. The Morgan fingerprint density at radius 3 is 2.57 bits per heavy atom. The number of carbonyl (C=O) groups is 1. The van der Waals surface area contributed by atoms with Gasteiger partial charge in [-0.1, -0.05) is 12.1 Å². The Kier molecular flexibility index (Phi) is 6.90. The van der Waals surface area contributed by atoms with Crippen LogP contribution >= 0.6 is 11.3 Å². The maximum Gasteiger partial charge on any atom is 0.314 e. The number of ether oxygens (including phenoxy) is 2. The second-order valence-electron chi connectivity index (χ2n) is 5.02. The van der Waals surface area contributed by atoms with Gasteiger partial charge in [-0.3, -0.25) is 0 Å². The molecule has 2 N–H and O–H groups in total. The van der Waals surface area contributed by atoms with E-state index in [0.29, 0.717) is 13.1 Å². The van der Waals surface area contributed by atoms with Crippen molar-refractivity contribution < 1.29 is 14.3 Å². The molecule has 1 aromatic carbocycles. The molecule has 2 rings (SSSR count). The minimum atomic E-state index is -0.184. The quantitative estimate of drug-likeness (QED) is 0.780. The lowest BCUT2D eigenvalue weighted by molar-refractivity contribution is 0.104. The number of hydrogen-bond acceptors (Lipinski definition) is 4. The molecule has 1 aromatic heterocycles. The molecule has 0 spiro atoms. The summed E-state index contributed by atoms with van der Waals surface area (Å²) in [5.74, 6) is 0.832. The highest BCUT2D eigenvalue weighted by atomic mass is 32.1. The van der Waals surface area contributed by atoms with Crippen molar-refractivity contribution in [2.45, 2.75) is 12.5 Å². The van der Waals surface area contributed by atoms with E-state index < -0.39 is 0 Å². The van der Waals surface area contributed by atoms with Crippen LogP contribution in [0.1, 0.15) is 17.2 Å². The largest absolute Gasteiger partial charge is 0.497 e. The lowest BCUT2D eigenvalue weighted by Gasteiger charge is -2.15. The highest BCUT2D eigenvalue weighted by Gasteiger charge is 2.12. The standard InChI is InChI=1S/C17H22N2O3S/c1-21-15-5-3-13(4-6-15)7-9-18-17(20)19-11-16(22-2)14-8-10-23-12-14/h3-6,8,10,12,16H,7,9,11H2,1-2H3,(H2,18,19,20)/t16-/m0/s1. The van der Waals surface area contributed by atoms with Crippen LogP contribution < -0.4 is 15.4 Å². The zero-order valence-electron chi connectivity index (χ0n) is 13.4. The predicted octanol–water partition coefficient (Wildman–Crippen LogP) is 2.99. The Balaban J connectivity index is 1.68. The predicted molar refractivity (Wildman–Crippen MR) is 92.2 cm³/mol. The lowest BCUT2D eigenvalue weighted by atomic mass is 10.1. The van der Waals surface area contributed by atoms with E-state index in [1.165, 1.54) is 0 Å². The van der Waals surface area contributed by atoms with Gasteiger partial charge in [-0.2, -0.15) is 11.3 Å². The third-order valence-electron chi connectivity index (χ3n) is 3.51. The van der Waals surface area contributed by atoms with E-state index in [2.05, 4.69) is 10.6 Å². The Bertz CT molecular complexity index is 584. The fourth-order valence-corrected chi connectivity index (χ4v) is 2.86. The Hall–Kier alpha value is -2.05. The molecule has 0 radical (unpaired) electrons. The van der Waals surface area contributed by atoms with Crippen LogP contribution in [-0.4, -0.2) is 33.3 Å². The van der Waals surface area contributed by atoms with Crippen molar-refractivity contribution in [3.63, 3.8) is 0 Å². The van der Waals surface area contributed by atoms with E-state index in [1.807, 2.05) is 41.1 Å². The van der Waals surface area contributed by atoms with Crippen LogP contribution in [0.2, 0.25) is 0 Å². The molecule has 0 aliphatic rings. The van der Waals surface area contributed by atoms with Gasteiger partial charge in [0.1, 0.15) is 11.9 Å². The summed E-state index contributed by atoms with van der Waals surface area (Å²) in [5, 5.41) is 9.71. The molecule has 1 heterocycles. The van der Waals surface area contributed by atoms with Gasteiger partial charge in [0.25, 0.3) is 0 Å². The smallest absolute Gasteiger partial charge is 0.314 e. The first-order chi connectivity index (χ1) is 11.2. The van der Waals surface area contributed by atoms with Gasteiger partial charge in [0.2, 0.25) is 0 Å². The zero-order chi connectivity index (χ0) is 16.5. The monoisotopic (exact) mass is 334 g/mol. The summed E-state index contributed by atoms with van der Waals surface area (Å²) < 4.78 is 10.5. The lowest BCUT2D eigenvalue weighted by Crippen LogP contribution is -2.38. The topological polar surface area (TPSA) is 59.6 Å². The normalized spacial score (nSPS) is 11.7. The van der Waals surface area contributed by atoms with Crippen molar-refractivity contribution in [3.05, 3.63) is 52.2 Å². The van der Waals surface area contributed by atoms with Crippen LogP contribution in [0.3, 0.4) is 0 Å². The zero-order valence-corrected chi connectivity index (χ0v) is 14.2. The van der Waals surface area contributed by atoms with Crippen molar-refractivity contribution in [2.75, 3.05) is 27.3 Å². The van der Waals surface area contributed by atoms with Crippen LogP contribution in [0.5, 0.6) is 5.75 Å². The number of rotatable bonds is 8. The summed E-state index contributed by atoms with van der Waals surface area (Å²) in [6.07, 6.45) is 0.656. The van der Waals surface area contributed by atoms with Crippen molar-refractivity contribution in [1.29, 1.82) is 0 Å². The molecule has 23 heavy (non-hydrogen) atoms.